The Labute approximate surface area is 160 Å². The van der Waals surface area contributed by atoms with Gasteiger partial charge in [-0.15, -0.1) is 0 Å². The van der Waals surface area contributed by atoms with Crippen molar-refractivity contribution >= 4 is 23.3 Å². The molecule has 1 aliphatic heterocycles. The van der Waals surface area contributed by atoms with E-state index < -0.39 is 0 Å². The lowest BCUT2D eigenvalue weighted by molar-refractivity contribution is -0.125. The summed E-state index contributed by atoms with van der Waals surface area (Å²) in [6.45, 7) is 1.66. The molecule has 6 heteroatoms. The van der Waals surface area contributed by atoms with Crippen LogP contribution in [0.1, 0.15) is 68.6 Å². The zero-order chi connectivity index (χ0) is 19.2. The Morgan fingerprint density at radius 3 is 2.56 bits per heavy atom. The summed E-state index contributed by atoms with van der Waals surface area (Å²) >= 11 is 0. The van der Waals surface area contributed by atoms with Crippen LogP contribution in [0.2, 0.25) is 0 Å². The number of Topliss-reactive ketones (excluding diaryl/α,β-unsaturated/α-hetero) is 1. The van der Waals surface area contributed by atoms with Crippen molar-refractivity contribution < 1.29 is 19.1 Å². The van der Waals surface area contributed by atoms with E-state index in [1.54, 1.807) is 25.1 Å². The average molecular weight is 372 g/mol. The van der Waals surface area contributed by atoms with Crippen molar-refractivity contribution in [3.8, 4) is 5.75 Å². The summed E-state index contributed by atoms with van der Waals surface area (Å²) in [4.78, 5) is 38.4. The van der Waals surface area contributed by atoms with Gasteiger partial charge < -0.3 is 10.1 Å². The van der Waals surface area contributed by atoms with Gasteiger partial charge in [-0.05, 0) is 31.0 Å². The zero-order valence-corrected chi connectivity index (χ0v) is 16.0. The zero-order valence-electron chi connectivity index (χ0n) is 16.0. The summed E-state index contributed by atoms with van der Waals surface area (Å²) in [5.74, 6) is 0.0983. The SMILES string of the molecule is CCC(=O)c1ccc2c(c1)N(CC(=O)NC1CCCCCCC1)C(=O)CO2. The smallest absolute Gasteiger partial charge is 0.265 e. The van der Waals surface area contributed by atoms with Crippen LogP contribution in [0.4, 0.5) is 5.69 Å². The van der Waals surface area contributed by atoms with Crippen LogP contribution < -0.4 is 15.0 Å². The van der Waals surface area contributed by atoms with Crippen molar-refractivity contribution in [1.29, 1.82) is 0 Å². The van der Waals surface area contributed by atoms with Crippen molar-refractivity contribution in [1.82, 2.24) is 5.32 Å². The van der Waals surface area contributed by atoms with Crippen LogP contribution in [0.5, 0.6) is 5.75 Å². The van der Waals surface area contributed by atoms with E-state index in [1.807, 2.05) is 0 Å². The highest BCUT2D eigenvalue weighted by Crippen LogP contribution is 2.33. The maximum atomic E-state index is 12.6. The van der Waals surface area contributed by atoms with Gasteiger partial charge in [0.25, 0.3) is 5.91 Å². The maximum absolute atomic E-state index is 12.6. The highest BCUT2D eigenvalue weighted by atomic mass is 16.5. The molecule has 3 rings (SSSR count). The van der Waals surface area contributed by atoms with E-state index in [9.17, 15) is 14.4 Å². The molecule has 1 N–H and O–H groups in total. The normalized spacial score (nSPS) is 18.1. The first-order valence-electron chi connectivity index (χ1n) is 9.98. The lowest BCUT2D eigenvalue weighted by Gasteiger charge is -2.30. The Kier molecular flexibility index (Phi) is 6.48. The number of nitrogens with zero attached hydrogens (tertiary/aromatic N) is 1. The minimum atomic E-state index is -0.267. The number of benzene rings is 1. The van der Waals surface area contributed by atoms with Crippen LogP contribution in [0.25, 0.3) is 0 Å². The first-order valence-corrected chi connectivity index (χ1v) is 9.98. The second-order valence-electron chi connectivity index (χ2n) is 7.34. The van der Waals surface area contributed by atoms with Crippen LogP contribution in [0.3, 0.4) is 0 Å². The molecule has 1 heterocycles. The van der Waals surface area contributed by atoms with Crippen LogP contribution >= 0.6 is 0 Å². The Balaban J connectivity index is 1.71. The summed E-state index contributed by atoms with van der Waals surface area (Å²) in [6.07, 6.45) is 8.35. The van der Waals surface area contributed by atoms with E-state index in [0.29, 0.717) is 23.4 Å². The number of nitrogens with one attached hydrogen (secondary N) is 1. The molecular weight excluding hydrogens is 344 g/mol. The standard InChI is InChI=1S/C21H28N2O4/c1-2-18(24)15-10-11-19-17(12-15)23(21(26)14-27-19)13-20(25)22-16-8-6-4-3-5-7-9-16/h10-12,16H,2-9,13-14H2,1H3,(H,22,25). The summed E-state index contributed by atoms with van der Waals surface area (Å²) in [5.41, 5.74) is 1.03. The number of rotatable bonds is 5. The number of anilines is 1. The summed E-state index contributed by atoms with van der Waals surface area (Å²) in [6, 6.07) is 5.24. The molecule has 0 saturated heterocycles. The minimum absolute atomic E-state index is 0.00487. The quantitative estimate of drug-likeness (QED) is 0.805. The maximum Gasteiger partial charge on any atom is 0.265 e. The lowest BCUT2D eigenvalue weighted by atomic mass is 9.97. The number of ketones is 1. The highest BCUT2D eigenvalue weighted by molar-refractivity contribution is 6.04. The molecule has 0 aromatic heterocycles. The molecule has 1 aromatic carbocycles. The molecule has 0 spiro atoms. The van der Waals surface area contributed by atoms with E-state index in [4.69, 9.17) is 4.74 Å². The molecule has 0 radical (unpaired) electrons. The van der Waals surface area contributed by atoms with Crippen molar-refractivity contribution in [2.45, 2.75) is 64.3 Å². The molecule has 6 nitrogen and oxygen atoms in total. The number of hydrogen-bond acceptors (Lipinski definition) is 4. The fourth-order valence-electron chi connectivity index (χ4n) is 3.77. The number of carbonyl (C=O) groups is 3. The van der Waals surface area contributed by atoms with Crippen LogP contribution in [0.15, 0.2) is 18.2 Å². The Hall–Kier alpha value is -2.37. The fourth-order valence-corrected chi connectivity index (χ4v) is 3.77. The number of amides is 2. The summed E-state index contributed by atoms with van der Waals surface area (Å²) in [7, 11) is 0. The number of hydrogen-bond donors (Lipinski definition) is 1. The predicted molar refractivity (Wildman–Crippen MR) is 103 cm³/mol. The van der Waals surface area contributed by atoms with Gasteiger partial charge >= 0.3 is 0 Å². The number of ether oxygens (including phenoxy) is 1. The average Bonchev–Trinajstić information content (AvgIpc) is 2.65. The first kappa shape index (κ1) is 19.4. The van der Waals surface area contributed by atoms with Gasteiger partial charge in [0.05, 0.1) is 5.69 Å². The van der Waals surface area contributed by atoms with Gasteiger partial charge in [0.1, 0.15) is 12.3 Å². The molecule has 2 amide bonds. The van der Waals surface area contributed by atoms with E-state index in [-0.39, 0.29) is 36.8 Å². The van der Waals surface area contributed by atoms with Crippen molar-refractivity contribution in [2.24, 2.45) is 0 Å². The van der Waals surface area contributed by atoms with Crippen LogP contribution in [-0.4, -0.2) is 36.8 Å². The van der Waals surface area contributed by atoms with Crippen molar-refractivity contribution in [2.75, 3.05) is 18.1 Å². The van der Waals surface area contributed by atoms with E-state index in [0.717, 1.165) is 25.7 Å². The molecule has 0 atom stereocenters. The molecule has 2 aliphatic rings. The number of fused-ring (bicyclic) bond motifs is 1. The minimum Gasteiger partial charge on any atom is -0.482 e. The monoisotopic (exact) mass is 372 g/mol. The second-order valence-corrected chi connectivity index (χ2v) is 7.34. The summed E-state index contributed by atoms with van der Waals surface area (Å²) < 4.78 is 5.46. The van der Waals surface area contributed by atoms with Crippen LogP contribution in [-0.2, 0) is 9.59 Å². The summed E-state index contributed by atoms with van der Waals surface area (Å²) in [5, 5.41) is 3.09. The fraction of sp³-hybridized carbons (Fsp3) is 0.571. The Bertz CT molecular complexity index is 708. The molecule has 1 saturated carbocycles. The predicted octanol–water partition coefficient (Wildman–Crippen LogP) is 3.23. The van der Waals surface area contributed by atoms with Crippen molar-refractivity contribution in [3.05, 3.63) is 23.8 Å². The van der Waals surface area contributed by atoms with Gasteiger partial charge in [-0.3, -0.25) is 19.3 Å². The molecular formula is C21H28N2O4. The van der Waals surface area contributed by atoms with Gasteiger partial charge in [-0.25, -0.2) is 0 Å². The molecule has 1 aliphatic carbocycles. The third-order valence-electron chi connectivity index (χ3n) is 5.32. The first-order chi connectivity index (χ1) is 13.1. The third kappa shape index (κ3) is 4.87. The number of carbonyl (C=O) groups excluding carboxylic acids is 3. The van der Waals surface area contributed by atoms with Gasteiger partial charge in [-0.1, -0.05) is 39.0 Å². The molecule has 0 bridgehead atoms. The molecule has 0 unspecified atom stereocenters. The Morgan fingerprint density at radius 1 is 1.15 bits per heavy atom. The topological polar surface area (TPSA) is 75.7 Å². The van der Waals surface area contributed by atoms with E-state index in [2.05, 4.69) is 5.32 Å². The molecule has 1 aromatic rings. The van der Waals surface area contributed by atoms with E-state index >= 15 is 0 Å². The van der Waals surface area contributed by atoms with Gasteiger partial charge in [0.2, 0.25) is 5.91 Å². The van der Waals surface area contributed by atoms with E-state index in [1.165, 1.54) is 24.2 Å². The van der Waals surface area contributed by atoms with Crippen molar-refractivity contribution in [3.63, 3.8) is 0 Å². The molecule has 27 heavy (non-hydrogen) atoms. The van der Waals surface area contributed by atoms with Gasteiger partial charge in [0.15, 0.2) is 12.4 Å². The largest absolute Gasteiger partial charge is 0.482 e. The molecule has 1 fully saturated rings. The third-order valence-corrected chi connectivity index (χ3v) is 5.32. The van der Waals surface area contributed by atoms with Gasteiger partial charge in [0, 0.05) is 18.0 Å². The molecule has 146 valence electrons. The second kappa shape index (κ2) is 9.02. The highest BCUT2D eigenvalue weighted by Gasteiger charge is 2.28. The lowest BCUT2D eigenvalue weighted by Crippen LogP contribution is -2.47. The Morgan fingerprint density at radius 2 is 1.85 bits per heavy atom. The van der Waals surface area contributed by atoms with Crippen LogP contribution in [0, 0.1) is 0 Å². The van der Waals surface area contributed by atoms with Gasteiger partial charge in [-0.2, -0.15) is 0 Å².